The highest BCUT2D eigenvalue weighted by atomic mass is 79.9. The Morgan fingerprint density at radius 1 is 1.24 bits per heavy atom. The van der Waals surface area contributed by atoms with Crippen molar-refractivity contribution in [3.63, 3.8) is 0 Å². The minimum absolute atomic E-state index is 0.0691. The Labute approximate surface area is 130 Å². The summed E-state index contributed by atoms with van der Waals surface area (Å²) < 4.78 is 13.6. The molecule has 3 rings (SSSR count). The van der Waals surface area contributed by atoms with Crippen molar-refractivity contribution in [1.82, 2.24) is 0 Å². The van der Waals surface area contributed by atoms with Crippen LogP contribution in [0.1, 0.15) is 12.0 Å². The number of rotatable bonds is 2. The van der Waals surface area contributed by atoms with E-state index >= 15 is 0 Å². The number of hydrogen-bond donors (Lipinski definition) is 2. The molecular formula is C16H14BrFN2O. The molecular weight excluding hydrogens is 335 g/mol. The number of nitrogens with one attached hydrogen (secondary N) is 2. The van der Waals surface area contributed by atoms with Crippen LogP contribution in [0.5, 0.6) is 0 Å². The quantitative estimate of drug-likeness (QED) is 0.862. The maximum Gasteiger partial charge on any atom is 0.246 e. The molecule has 1 amide bonds. The second-order valence-electron chi connectivity index (χ2n) is 5.01. The highest BCUT2D eigenvalue weighted by Gasteiger charge is 2.23. The summed E-state index contributed by atoms with van der Waals surface area (Å²) in [5, 5.41) is 6.10. The fourth-order valence-electron chi connectivity index (χ4n) is 2.44. The SMILES string of the molecule is O=C1Nc2ccccc2CCC1Nc1ccc(F)c(Br)c1. The highest BCUT2D eigenvalue weighted by molar-refractivity contribution is 9.10. The van der Waals surface area contributed by atoms with E-state index in [1.807, 2.05) is 24.3 Å². The average molecular weight is 349 g/mol. The highest BCUT2D eigenvalue weighted by Crippen LogP contribution is 2.25. The number of amides is 1. The van der Waals surface area contributed by atoms with Gasteiger partial charge in [-0.3, -0.25) is 4.79 Å². The average Bonchev–Trinajstić information content (AvgIpc) is 2.63. The van der Waals surface area contributed by atoms with Gasteiger partial charge in [0.2, 0.25) is 5.91 Å². The number of anilines is 2. The maximum absolute atomic E-state index is 13.2. The largest absolute Gasteiger partial charge is 0.374 e. The fourth-order valence-corrected chi connectivity index (χ4v) is 2.81. The van der Waals surface area contributed by atoms with Crippen molar-refractivity contribution in [2.24, 2.45) is 0 Å². The van der Waals surface area contributed by atoms with E-state index in [-0.39, 0.29) is 17.8 Å². The Balaban J connectivity index is 1.78. The van der Waals surface area contributed by atoms with Crippen molar-refractivity contribution in [2.75, 3.05) is 10.6 Å². The summed E-state index contributed by atoms with van der Waals surface area (Å²) in [5.74, 6) is -0.390. The third-order valence-electron chi connectivity index (χ3n) is 3.55. The lowest BCUT2D eigenvalue weighted by molar-refractivity contribution is -0.116. The van der Waals surface area contributed by atoms with Crippen molar-refractivity contribution in [1.29, 1.82) is 0 Å². The van der Waals surface area contributed by atoms with Gasteiger partial charge in [-0.1, -0.05) is 18.2 Å². The molecule has 0 radical (unpaired) electrons. The number of carbonyl (C=O) groups is 1. The maximum atomic E-state index is 13.2. The Hall–Kier alpha value is -1.88. The van der Waals surface area contributed by atoms with E-state index in [0.29, 0.717) is 10.9 Å². The summed E-state index contributed by atoms with van der Waals surface area (Å²) >= 11 is 3.15. The molecule has 1 aliphatic heterocycles. The van der Waals surface area contributed by atoms with Crippen LogP contribution in [0.2, 0.25) is 0 Å². The Kier molecular flexibility index (Phi) is 3.92. The van der Waals surface area contributed by atoms with E-state index < -0.39 is 0 Å². The number of fused-ring (bicyclic) bond motifs is 1. The first-order chi connectivity index (χ1) is 10.1. The zero-order valence-corrected chi connectivity index (χ0v) is 12.8. The minimum Gasteiger partial charge on any atom is -0.374 e. The molecule has 0 bridgehead atoms. The van der Waals surface area contributed by atoms with Gasteiger partial charge in [-0.15, -0.1) is 0 Å². The van der Waals surface area contributed by atoms with Gasteiger partial charge < -0.3 is 10.6 Å². The second-order valence-corrected chi connectivity index (χ2v) is 5.87. The van der Waals surface area contributed by atoms with Crippen LogP contribution in [0, 0.1) is 5.82 Å². The van der Waals surface area contributed by atoms with E-state index in [1.54, 1.807) is 12.1 Å². The van der Waals surface area contributed by atoms with Crippen molar-refractivity contribution < 1.29 is 9.18 Å². The first-order valence-corrected chi connectivity index (χ1v) is 7.53. The first kappa shape index (κ1) is 14.1. The summed E-state index contributed by atoms with van der Waals surface area (Å²) in [7, 11) is 0. The van der Waals surface area contributed by atoms with Crippen LogP contribution in [-0.4, -0.2) is 11.9 Å². The van der Waals surface area contributed by atoms with Crippen LogP contribution < -0.4 is 10.6 Å². The molecule has 108 valence electrons. The molecule has 2 N–H and O–H groups in total. The smallest absolute Gasteiger partial charge is 0.246 e. The molecule has 1 atom stereocenters. The molecule has 0 fully saturated rings. The predicted molar refractivity (Wildman–Crippen MR) is 84.9 cm³/mol. The normalized spacial score (nSPS) is 17.6. The van der Waals surface area contributed by atoms with Gasteiger partial charge in [0.15, 0.2) is 0 Å². The van der Waals surface area contributed by atoms with E-state index in [0.717, 1.165) is 23.4 Å². The molecule has 3 nitrogen and oxygen atoms in total. The van der Waals surface area contributed by atoms with Gasteiger partial charge >= 0.3 is 0 Å². The molecule has 0 saturated carbocycles. The Bertz CT molecular complexity index is 690. The van der Waals surface area contributed by atoms with Crippen LogP contribution in [0.3, 0.4) is 0 Å². The van der Waals surface area contributed by atoms with Crippen molar-refractivity contribution in [3.05, 3.63) is 58.3 Å². The molecule has 0 aliphatic carbocycles. The van der Waals surface area contributed by atoms with Gasteiger partial charge in [-0.2, -0.15) is 0 Å². The zero-order valence-electron chi connectivity index (χ0n) is 11.2. The predicted octanol–water partition coefficient (Wildman–Crippen LogP) is 3.95. The van der Waals surface area contributed by atoms with Gasteiger partial charge in [0.25, 0.3) is 0 Å². The van der Waals surface area contributed by atoms with Crippen LogP contribution >= 0.6 is 15.9 Å². The summed E-state index contributed by atoms with van der Waals surface area (Å²) in [4.78, 5) is 12.3. The lowest BCUT2D eigenvalue weighted by Gasteiger charge is -2.16. The summed E-state index contributed by atoms with van der Waals surface area (Å²) in [5.41, 5.74) is 2.72. The van der Waals surface area contributed by atoms with Gasteiger partial charge in [-0.05, 0) is 58.6 Å². The lowest BCUT2D eigenvalue weighted by atomic mass is 10.1. The Morgan fingerprint density at radius 2 is 2.05 bits per heavy atom. The first-order valence-electron chi connectivity index (χ1n) is 6.74. The van der Waals surface area contributed by atoms with Gasteiger partial charge in [-0.25, -0.2) is 4.39 Å². The molecule has 1 heterocycles. The van der Waals surface area contributed by atoms with E-state index in [9.17, 15) is 9.18 Å². The molecule has 1 unspecified atom stereocenters. The van der Waals surface area contributed by atoms with Gasteiger partial charge in [0.05, 0.1) is 4.47 Å². The van der Waals surface area contributed by atoms with Crippen molar-refractivity contribution in [2.45, 2.75) is 18.9 Å². The molecule has 21 heavy (non-hydrogen) atoms. The number of carbonyl (C=O) groups excluding carboxylic acids is 1. The second kappa shape index (κ2) is 5.85. The fraction of sp³-hybridized carbons (Fsp3) is 0.188. The van der Waals surface area contributed by atoms with Crippen LogP contribution in [-0.2, 0) is 11.2 Å². The molecule has 1 aliphatic rings. The molecule has 0 spiro atoms. The number of aryl methyl sites for hydroxylation is 1. The zero-order chi connectivity index (χ0) is 14.8. The van der Waals surface area contributed by atoms with Crippen LogP contribution in [0.15, 0.2) is 46.9 Å². The number of halogens is 2. The molecule has 2 aromatic carbocycles. The van der Waals surface area contributed by atoms with Crippen LogP contribution in [0.4, 0.5) is 15.8 Å². The standard InChI is InChI=1S/C16H14BrFN2O/c17-12-9-11(6-7-13(12)18)19-15-8-5-10-3-1-2-4-14(10)20-16(15)21/h1-4,6-7,9,15,19H,5,8H2,(H,20,21). The molecule has 2 aromatic rings. The minimum atomic E-state index is -0.338. The summed E-state index contributed by atoms with van der Waals surface area (Å²) in [6.07, 6.45) is 1.51. The monoisotopic (exact) mass is 348 g/mol. The topological polar surface area (TPSA) is 41.1 Å². The molecule has 0 aromatic heterocycles. The number of hydrogen-bond acceptors (Lipinski definition) is 2. The van der Waals surface area contributed by atoms with Crippen molar-refractivity contribution >= 4 is 33.2 Å². The number of para-hydroxylation sites is 1. The van der Waals surface area contributed by atoms with E-state index in [4.69, 9.17) is 0 Å². The number of benzene rings is 2. The third kappa shape index (κ3) is 3.08. The summed E-state index contributed by atoms with van der Waals surface area (Å²) in [6.45, 7) is 0. The van der Waals surface area contributed by atoms with Crippen molar-refractivity contribution in [3.8, 4) is 0 Å². The summed E-state index contributed by atoms with van der Waals surface area (Å²) in [6, 6.07) is 12.1. The lowest BCUT2D eigenvalue weighted by Crippen LogP contribution is -2.33. The van der Waals surface area contributed by atoms with Crippen LogP contribution in [0.25, 0.3) is 0 Å². The third-order valence-corrected chi connectivity index (χ3v) is 4.16. The van der Waals surface area contributed by atoms with E-state index in [1.165, 1.54) is 6.07 Å². The van der Waals surface area contributed by atoms with E-state index in [2.05, 4.69) is 26.6 Å². The van der Waals surface area contributed by atoms with Gasteiger partial charge in [0, 0.05) is 11.4 Å². The molecule has 5 heteroatoms. The Morgan fingerprint density at radius 3 is 2.86 bits per heavy atom. The molecule has 0 saturated heterocycles. The van der Waals surface area contributed by atoms with Gasteiger partial charge in [0.1, 0.15) is 11.9 Å².